The van der Waals surface area contributed by atoms with Crippen molar-refractivity contribution in [3.8, 4) is 0 Å². The molecule has 2 heterocycles. The van der Waals surface area contributed by atoms with E-state index in [-0.39, 0.29) is 5.02 Å². The number of thiocarbonyl (C=S) groups is 1. The Morgan fingerprint density at radius 2 is 2.12 bits per heavy atom. The molecule has 3 rings (SSSR count). The number of nitrogens with one attached hydrogen (secondary N) is 1. The number of furan rings is 1. The van der Waals surface area contributed by atoms with Crippen molar-refractivity contribution in [3.63, 3.8) is 0 Å². The molecule has 1 N–H and O–H groups in total. The SMILES string of the molecule is Fc1ccc(NC(=S)N(Cc2cccnc2)Cc2ccco2)cc1Cl. The molecule has 0 unspecified atom stereocenters. The summed E-state index contributed by atoms with van der Waals surface area (Å²) in [4.78, 5) is 6.06. The number of pyridine rings is 1. The van der Waals surface area contributed by atoms with Gasteiger partial charge in [0.2, 0.25) is 0 Å². The van der Waals surface area contributed by atoms with Gasteiger partial charge in [0.1, 0.15) is 11.6 Å². The number of nitrogens with zero attached hydrogens (tertiary/aromatic N) is 2. The van der Waals surface area contributed by atoms with Crippen LogP contribution in [0.25, 0.3) is 0 Å². The average Bonchev–Trinajstić information content (AvgIpc) is 3.12. The molecule has 0 fully saturated rings. The zero-order chi connectivity index (χ0) is 17.6. The van der Waals surface area contributed by atoms with Crippen LogP contribution in [-0.2, 0) is 13.1 Å². The van der Waals surface area contributed by atoms with Gasteiger partial charge in [-0.25, -0.2) is 4.39 Å². The van der Waals surface area contributed by atoms with E-state index in [1.807, 2.05) is 29.2 Å². The van der Waals surface area contributed by atoms with E-state index in [1.54, 1.807) is 24.7 Å². The highest BCUT2D eigenvalue weighted by Crippen LogP contribution is 2.20. The Morgan fingerprint density at radius 3 is 2.80 bits per heavy atom. The quantitative estimate of drug-likeness (QED) is 0.644. The lowest BCUT2D eigenvalue weighted by molar-refractivity contribution is 0.360. The highest BCUT2D eigenvalue weighted by Gasteiger charge is 2.14. The molecule has 0 bridgehead atoms. The van der Waals surface area contributed by atoms with Gasteiger partial charge in [0.15, 0.2) is 5.11 Å². The van der Waals surface area contributed by atoms with Crippen molar-refractivity contribution in [1.29, 1.82) is 0 Å². The lowest BCUT2D eigenvalue weighted by Crippen LogP contribution is -2.33. The zero-order valence-electron chi connectivity index (χ0n) is 13.2. The molecule has 0 saturated carbocycles. The highest BCUT2D eigenvalue weighted by atomic mass is 35.5. The van der Waals surface area contributed by atoms with E-state index in [2.05, 4.69) is 10.3 Å². The Balaban J connectivity index is 1.77. The van der Waals surface area contributed by atoms with E-state index in [0.717, 1.165) is 11.3 Å². The molecule has 2 aromatic heterocycles. The topological polar surface area (TPSA) is 41.3 Å². The molecular weight excluding hydrogens is 361 g/mol. The van der Waals surface area contributed by atoms with Crippen molar-refractivity contribution in [2.24, 2.45) is 0 Å². The molecule has 3 aromatic rings. The maximum atomic E-state index is 13.3. The van der Waals surface area contributed by atoms with Gasteiger partial charge in [-0.05, 0) is 54.2 Å². The molecule has 0 amide bonds. The summed E-state index contributed by atoms with van der Waals surface area (Å²) in [7, 11) is 0. The molecule has 0 aliphatic heterocycles. The Labute approximate surface area is 155 Å². The third kappa shape index (κ3) is 4.78. The first-order valence-electron chi connectivity index (χ1n) is 7.54. The van der Waals surface area contributed by atoms with Crippen LogP contribution < -0.4 is 5.32 Å². The number of aromatic nitrogens is 1. The van der Waals surface area contributed by atoms with Crippen molar-refractivity contribution in [3.05, 3.63) is 83.3 Å². The van der Waals surface area contributed by atoms with Crippen LogP contribution >= 0.6 is 23.8 Å². The molecule has 7 heteroatoms. The van der Waals surface area contributed by atoms with Gasteiger partial charge in [-0.1, -0.05) is 17.7 Å². The smallest absolute Gasteiger partial charge is 0.174 e. The lowest BCUT2D eigenvalue weighted by Gasteiger charge is -2.25. The summed E-state index contributed by atoms with van der Waals surface area (Å²) < 4.78 is 18.7. The van der Waals surface area contributed by atoms with Crippen LogP contribution in [0.15, 0.2) is 65.5 Å². The fourth-order valence-corrected chi connectivity index (χ4v) is 2.71. The van der Waals surface area contributed by atoms with Gasteiger partial charge in [-0.15, -0.1) is 0 Å². The van der Waals surface area contributed by atoms with Gasteiger partial charge >= 0.3 is 0 Å². The van der Waals surface area contributed by atoms with Crippen molar-refractivity contribution in [2.45, 2.75) is 13.1 Å². The summed E-state index contributed by atoms with van der Waals surface area (Å²) in [5.41, 5.74) is 1.63. The predicted molar refractivity (Wildman–Crippen MR) is 99.8 cm³/mol. The van der Waals surface area contributed by atoms with E-state index in [9.17, 15) is 4.39 Å². The molecule has 0 aliphatic rings. The molecule has 128 valence electrons. The fraction of sp³-hybridized carbons (Fsp3) is 0.111. The first kappa shape index (κ1) is 17.4. The number of rotatable bonds is 5. The second-order valence-electron chi connectivity index (χ2n) is 5.36. The second kappa shape index (κ2) is 8.09. The predicted octanol–water partition coefficient (Wildman–Crippen LogP) is 4.87. The maximum Gasteiger partial charge on any atom is 0.174 e. The number of hydrogen-bond donors (Lipinski definition) is 1. The molecule has 1 aromatic carbocycles. The first-order valence-corrected chi connectivity index (χ1v) is 8.33. The lowest BCUT2D eigenvalue weighted by atomic mass is 10.2. The monoisotopic (exact) mass is 375 g/mol. The minimum absolute atomic E-state index is 0.0395. The number of hydrogen-bond acceptors (Lipinski definition) is 3. The normalized spacial score (nSPS) is 10.5. The van der Waals surface area contributed by atoms with Crippen LogP contribution in [0.1, 0.15) is 11.3 Å². The minimum Gasteiger partial charge on any atom is -0.467 e. The highest BCUT2D eigenvalue weighted by molar-refractivity contribution is 7.80. The van der Waals surface area contributed by atoms with Crippen molar-refractivity contribution >= 4 is 34.6 Å². The van der Waals surface area contributed by atoms with E-state index in [4.69, 9.17) is 28.2 Å². The fourth-order valence-electron chi connectivity index (χ4n) is 2.28. The second-order valence-corrected chi connectivity index (χ2v) is 6.15. The third-order valence-corrected chi connectivity index (χ3v) is 4.13. The van der Waals surface area contributed by atoms with Gasteiger partial charge in [0, 0.05) is 24.6 Å². The average molecular weight is 376 g/mol. The van der Waals surface area contributed by atoms with E-state index in [1.165, 1.54) is 12.1 Å². The maximum absolute atomic E-state index is 13.3. The van der Waals surface area contributed by atoms with Crippen LogP contribution in [0.2, 0.25) is 5.02 Å². The Morgan fingerprint density at radius 1 is 1.24 bits per heavy atom. The number of halogens is 2. The van der Waals surface area contributed by atoms with Crippen molar-refractivity contribution < 1.29 is 8.81 Å². The van der Waals surface area contributed by atoms with Gasteiger partial charge < -0.3 is 14.6 Å². The molecule has 0 atom stereocenters. The van der Waals surface area contributed by atoms with Gasteiger partial charge in [0.25, 0.3) is 0 Å². The molecule has 0 radical (unpaired) electrons. The number of benzene rings is 1. The van der Waals surface area contributed by atoms with Crippen LogP contribution in [0.4, 0.5) is 10.1 Å². The van der Waals surface area contributed by atoms with Crippen molar-refractivity contribution in [1.82, 2.24) is 9.88 Å². The summed E-state index contributed by atoms with van der Waals surface area (Å²) in [5.74, 6) is 0.311. The third-order valence-electron chi connectivity index (χ3n) is 3.48. The van der Waals surface area contributed by atoms with E-state index >= 15 is 0 Å². The Hall–Kier alpha value is -2.44. The largest absolute Gasteiger partial charge is 0.467 e. The van der Waals surface area contributed by atoms with Gasteiger partial charge in [0.05, 0.1) is 17.8 Å². The van der Waals surface area contributed by atoms with Crippen molar-refractivity contribution in [2.75, 3.05) is 5.32 Å². The molecule has 0 spiro atoms. The van der Waals surface area contributed by atoms with Gasteiger partial charge in [-0.3, -0.25) is 4.98 Å². The summed E-state index contributed by atoms with van der Waals surface area (Å²) in [6.45, 7) is 1.04. The molecular formula is C18H15ClFN3OS. The molecule has 25 heavy (non-hydrogen) atoms. The van der Waals surface area contributed by atoms with Crippen LogP contribution in [0, 0.1) is 5.82 Å². The van der Waals surface area contributed by atoms with Crippen LogP contribution in [0.3, 0.4) is 0 Å². The van der Waals surface area contributed by atoms with Crippen LogP contribution in [0.5, 0.6) is 0 Å². The summed E-state index contributed by atoms with van der Waals surface area (Å²) in [6, 6.07) is 11.9. The summed E-state index contributed by atoms with van der Waals surface area (Å²) >= 11 is 11.3. The van der Waals surface area contributed by atoms with E-state index < -0.39 is 5.82 Å². The van der Waals surface area contributed by atoms with E-state index in [0.29, 0.717) is 23.9 Å². The first-order chi connectivity index (χ1) is 12.1. The Kier molecular flexibility index (Phi) is 5.63. The number of anilines is 1. The molecule has 0 aliphatic carbocycles. The van der Waals surface area contributed by atoms with Gasteiger partial charge in [-0.2, -0.15) is 0 Å². The van der Waals surface area contributed by atoms with Crippen LogP contribution in [-0.4, -0.2) is 15.0 Å². The summed E-state index contributed by atoms with van der Waals surface area (Å²) in [6.07, 6.45) is 5.12. The molecule has 0 saturated heterocycles. The zero-order valence-corrected chi connectivity index (χ0v) is 14.7. The standard InChI is InChI=1S/C18H15ClFN3OS/c19-16-9-14(5-6-17(16)20)22-18(25)23(12-15-4-2-8-24-15)11-13-3-1-7-21-10-13/h1-10H,11-12H2,(H,22,25). The molecule has 4 nitrogen and oxygen atoms in total. The minimum atomic E-state index is -0.471. The Bertz CT molecular complexity index is 843. The summed E-state index contributed by atoms with van der Waals surface area (Å²) in [5, 5.41) is 3.60.